The molecule has 0 aliphatic heterocycles. The van der Waals surface area contributed by atoms with Gasteiger partial charge in [0.25, 0.3) is 10.0 Å². The lowest BCUT2D eigenvalue weighted by atomic mass is 9.87. The molecule has 35 heavy (non-hydrogen) atoms. The number of imidazole rings is 1. The highest BCUT2D eigenvalue weighted by Gasteiger charge is 2.30. The van der Waals surface area contributed by atoms with E-state index < -0.39 is 16.1 Å². The molecule has 4 rings (SSSR count). The van der Waals surface area contributed by atoms with Gasteiger partial charge in [0.1, 0.15) is 18.5 Å². The lowest BCUT2D eigenvalue weighted by Gasteiger charge is -2.27. The first-order valence-electron chi connectivity index (χ1n) is 10.9. The molecule has 3 heterocycles. The predicted molar refractivity (Wildman–Crippen MR) is 135 cm³/mol. The van der Waals surface area contributed by atoms with Crippen molar-refractivity contribution in [3.05, 3.63) is 89.1 Å². The number of sulfonamides is 1. The Bertz CT molecular complexity index is 1450. The SMILES string of the molecule is COCN(c1cc(Cl)cnc1C(O)c1ccc2nccn2c1)S(=O)(=O)c1ccc(C(C)(C)C)cc1. The smallest absolute Gasteiger partial charge is 0.266 e. The summed E-state index contributed by atoms with van der Waals surface area (Å²) in [5, 5.41) is 11.5. The van der Waals surface area contributed by atoms with E-state index in [0.29, 0.717) is 11.2 Å². The minimum absolute atomic E-state index is 0.0859. The zero-order chi connectivity index (χ0) is 25.4. The molecule has 0 spiro atoms. The number of halogens is 1. The van der Waals surface area contributed by atoms with E-state index in [0.717, 1.165) is 9.87 Å². The Morgan fingerprint density at radius 3 is 2.51 bits per heavy atom. The van der Waals surface area contributed by atoms with Gasteiger partial charge in [-0.2, -0.15) is 0 Å². The molecule has 0 bridgehead atoms. The molecule has 1 N–H and O–H groups in total. The minimum atomic E-state index is -4.08. The van der Waals surface area contributed by atoms with E-state index in [2.05, 4.69) is 30.7 Å². The lowest BCUT2D eigenvalue weighted by Crippen LogP contribution is -2.34. The summed E-state index contributed by atoms with van der Waals surface area (Å²) in [7, 11) is -2.68. The van der Waals surface area contributed by atoms with Crippen LogP contribution >= 0.6 is 11.6 Å². The van der Waals surface area contributed by atoms with Crippen LogP contribution in [0.15, 0.2) is 72.1 Å². The van der Waals surface area contributed by atoms with Gasteiger partial charge in [0.15, 0.2) is 0 Å². The van der Waals surface area contributed by atoms with E-state index in [1.807, 2.05) is 0 Å². The Hall–Kier alpha value is -2.98. The third kappa shape index (κ3) is 5.04. The number of pyridine rings is 2. The van der Waals surface area contributed by atoms with Gasteiger partial charge in [-0.3, -0.25) is 4.98 Å². The molecule has 184 valence electrons. The maximum Gasteiger partial charge on any atom is 0.266 e. The average molecular weight is 515 g/mol. The van der Waals surface area contributed by atoms with Crippen LogP contribution in [0.5, 0.6) is 0 Å². The highest BCUT2D eigenvalue weighted by atomic mass is 35.5. The van der Waals surface area contributed by atoms with Crippen LogP contribution < -0.4 is 4.31 Å². The zero-order valence-electron chi connectivity index (χ0n) is 19.9. The Morgan fingerprint density at radius 1 is 1.14 bits per heavy atom. The molecule has 0 saturated carbocycles. The summed E-state index contributed by atoms with van der Waals surface area (Å²) in [6, 6.07) is 11.7. The van der Waals surface area contributed by atoms with Gasteiger partial charge in [0.05, 0.1) is 21.3 Å². The molecule has 8 nitrogen and oxygen atoms in total. The van der Waals surface area contributed by atoms with Crippen LogP contribution in [0.4, 0.5) is 5.69 Å². The third-order valence-corrected chi connectivity index (χ3v) is 7.63. The van der Waals surface area contributed by atoms with E-state index in [4.69, 9.17) is 16.3 Å². The fraction of sp³-hybridized carbons (Fsp3) is 0.280. The van der Waals surface area contributed by atoms with Crippen LogP contribution in [0.3, 0.4) is 0 Å². The van der Waals surface area contributed by atoms with Gasteiger partial charge in [-0.05, 0) is 35.2 Å². The van der Waals surface area contributed by atoms with Crippen molar-refractivity contribution >= 4 is 33.0 Å². The third-order valence-electron chi connectivity index (χ3n) is 5.67. The number of anilines is 1. The Kier molecular flexibility index (Phi) is 6.88. The van der Waals surface area contributed by atoms with Crippen molar-refractivity contribution in [1.29, 1.82) is 0 Å². The Morgan fingerprint density at radius 2 is 1.86 bits per heavy atom. The van der Waals surface area contributed by atoms with Crippen molar-refractivity contribution in [3.63, 3.8) is 0 Å². The summed E-state index contributed by atoms with van der Waals surface area (Å²) in [4.78, 5) is 8.60. The average Bonchev–Trinajstić information content (AvgIpc) is 3.29. The number of nitrogens with zero attached hydrogens (tertiary/aromatic N) is 4. The number of ether oxygens (including phenoxy) is 1. The van der Waals surface area contributed by atoms with E-state index in [1.165, 1.54) is 19.4 Å². The fourth-order valence-electron chi connectivity index (χ4n) is 3.75. The van der Waals surface area contributed by atoms with Crippen molar-refractivity contribution in [2.45, 2.75) is 37.2 Å². The molecular weight excluding hydrogens is 488 g/mol. The summed E-state index contributed by atoms with van der Waals surface area (Å²) >= 11 is 6.22. The number of hydrogen-bond donors (Lipinski definition) is 1. The second kappa shape index (κ2) is 9.58. The number of fused-ring (bicyclic) bond motifs is 1. The molecule has 0 radical (unpaired) electrons. The van der Waals surface area contributed by atoms with E-state index >= 15 is 0 Å². The van der Waals surface area contributed by atoms with E-state index in [1.54, 1.807) is 59.4 Å². The molecule has 3 aromatic heterocycles. The maximum atomic E-state index is 13.7. The van der Waals surface area contributed by atoms with Crippen molar-refractivity contribution in [2.24, 2.45) is 0 Å². The van der Waals surface area contributed by atoms with Crippen molar-refractivity contribution in [3.8, 4) is 0 Å². The number of aliphatic hydroxyl groups excluding tert-OH is 1. The summed E-state index contributed by atoms with van der Waals surface area (Å²) < 4.78 is 35.5. The molecule has 1 unspecified atom stereocenters. The number of benzene rings is 1. The lowest BCUT2D eigenvalue weighted by molar-refractivity contribution is 0.204. The molecule has 10 heteroatoms. The fourth-order valence-corrected chi connectivity index (χ4v) is 5.28. The molecule has 0 saturated heterocycles. The first kappa shape index (κ1) is 25.1. The second-order valence-corrected chi connectivity index (χ2v) is 11.5. The minimum Gasteiger partial charge on any atom is -0.382 e. The first-order valence-corrected chi connectivity index (χ1v) is 12.7. The standard InChI is InChI=1S/C25H27ClN4O4S/c1-25(2,3)18-6-8-20(9-7-18)35(32,33)30(16-34-4)21-13-19(26)14-28-23(21)24(31)17-5-10-22-27-11-12-29(22)15-17/h5-15,24,31H,16H2,1-4H3. The molecule has 0 aliphatic carbocycles. The van der Waals surface area contributed by atoms with Crippen molar-refractivity contribution in [2.75, 3.05) is 18.1 Å². The number of aromatic nitrogens is 3. The highest BCUT2D eigenvalue weighted by molar-refractivity contribution is 7.92. The Labute approximate surface area is 209 Å². The van der Waals surface area contributed by atoms with Gasteiger partial charge >= 0.3 is 0 Å². The van der Waals surface area contributed by atoms with E-state index in [-0.39, 0.29) is 33.4 Å². The number of aliphatic hydroxyl groups is 1. The molecular formula is C25H27ClN4O4S. The van der Waals surface area contributed by atoms with Crippen molar-refractivity contribution < 1.29 is 18.3 Å². The number of methoxy groups -OCH3 is 1. The summed E-state index contributed by atoms with van der Waals surface area (Å²) in [5.74, 6) is 0. The second-order valence-electron chi connectivity index (χ2n) is 9.16. The van der Waals surface area contributed by atoms with Crippen LogP contribution in [0.2, 0.25) is 5.02 Å². The van der Waals surface area contributed by atoms with E-state index in [9.17, 15) is 13.5 Å². The van der Waals surface area contributed by atoms with Gasteiger partial charge in [-0.25, -0.2) is 17.7 Å². The van der Waals surface area contributed by atoms with Crippen LogP contribution in [0.1, 0.15) is 43.7 Å². The van der Waals surface area contributed by atoms with Crippen LogP contribution in [-0.2, 0) is 20.2 Å². The summed E-state index contributed by atoms with van der Waals surface area (Å²) in [5.41, 5.74) is 2.35. The van der Waals surface area contributed by atoms with Crippen LogP contribution in [-0.4, -0.2) is 41.7 Å². The topological polar surface area (TPSA) is 97.0 Å². The van der Waals surface area contributed by atoms with Gasteiger partial charge in [0, 0.05) is 37.5 Å². The molecule has 1 aromatic carbocycles. The molecule has 4 aromatic rings. The highest BCUT2D eigenvalue weighted by Crippen LogP contribution is 2.35. The normalized spacial score (nSPS) is 13.2. The predicted octanol–water partition coefficient (Wildman–Crippen LogP) is 4.56. The van der Waals surface area contributed by atoms with Crippen LogP contribution in [0.25, 0.3) is 5.65 Å². The monoisotopic (exact) mass is 514 g/mol. The zero-order valence-corrected chi connectivity index (χ0v) is 21.5. The molecule has 1 atom stereocenters. The Balaban J connectivity index is 1.80. The molecule has 0 fully saturated rings. The maximum absolute atomic E-state index is 13.7. The first-order chi connectivity index (χ1) is 16.5. The van der Waals surface area contributed by atoms with Crippen molar-refractivity contribution in [1.82, 2.24) is 14.4 Å². The van der Waals surface area contributed by atoms with Gasteiger partial charge in [-0.1, -0.05) is 50.6 Å². The largest absolute Gasteiger partial charge is 0.382 e. The number of rotatable bonds is 7. The van der Waals surface area contributed by atoms with Crippen LogP contribution in [0, 0.1) is 0 Å². The molecule has 0 aliphatic rings. The van der Waals surface area contributed by atoms with Gasteiger partial charge in [-0.15, -0.1) is 0 Å². The molecule has 0 amide bonds. The quantitative estimate of drug-likeness (QED) is 0.363. The van der Waals surface area contributed by atoms with Gasteiger partial charge < -0.3 is 14.2 Å². The number of hydrogen-bond acceptors (Lipinski definition) is 6. The summed E-state index contributed by atoms with van der Waals surface area (Å²) in [6.45, 7) is 5.87. The summed E-state index contributed by atoms with van der Waals surface area (Å²) in [6.07, 6.45) is 5.26. The van der Waals surface area contributed by atoms with Gasteiger partial charge in [0.2, 0.25) is 0 Å².